The third-order valence-corrected chi connectivity index (χ3v) is 4.41. The van der Waals surface area contributed by atoms with Gasteiger partial charge < -0.3 is 23.9 Å². The lowest BCUT2D eigenvalue weighted by atomic mass is 10.1. The summed E-state index contributed by atoms with van der Waals surface area (Å²) >= 11 is 0. The summed E-state index contributed by atoms with van der Waals surface area (Å²) in [6, 6.07) is 11.8. The topological polar surface area (TPSA) is 87.0 Å². The fourth-order valence-electron chi connectivity index (χ4n) is 3.00. The number of fused-ring (bicyclic) bond motifs is 2. The zero-order valence-corrected chi connectivity index (χ0v) is 15.5. The number of hydrogen-bond donors (Lipinski definition) is 1. The van der Waals surface area contributed by atoms with Gasteiger partial charge in [0.25, 0.3) is 5.91 Å². The highest BCUT2D eigenvalue weighted by Gasteiger charge is 2.18. The van der Waals surface area contributed by atoms with E-state index in [1.165, 1.54) is 6.07 Å². The van der Waals surface area contributed by atoms with Crippen molar-refractivity contribution in [3.8, 4) is 17.2 Å². The van der Waals surface area contributed by atoms with Crippen LogP contribution in [0, 0.1) is 6.92 Å². The first-order valence-electron chi connectivity index (χ1n) is 8.91. The Labute approximate surface area is 160 Å². The Bertz CT molecular complexity index is 1100. The summed E-state index contributed by atoms with van der Waals surface area (Å²) < 4.78 is 21.9. The van der Waals surface area contributed by atoms with Gasteiger partial charge in [0.1, 0.15) is 24.5 Å². The van der Waals surface area contributed by atoms with E-state index in [2.05, 4.69) is 5.32 Å². The van der Waals surface area contributed by atoms with Crippen molar-refractivity contribution >= 4 is 22.6 Å². The van der Waals surface area contributed by atoms with Crippen molar-refractivity contribution in [1.82, 2.24) is 0 Å². The van der Waals surface area contributed by atoms with Gasteiger partial charge in [0.15, 0.2) is 17.6 Å². The standard InChI is InChI=1S/C21H19NO6/c1-12-9-20(23)28-18-11-15(4-5-16(12)18)27-13(2)21(24)22-14-3-6-17-19(10-14)26-8-7-25-17/h3-6,9-11,13H,7-8H2,1-2H3,(H,22,24)/t13-/m0/s1. The Morgan fingerprint density at radius 1 is 1.07 bits per heavy atom. The van der Waals surface area contributed by atoms with E-state index in [9.17, 15) is 9.59 Å². The number of carbonyl (C=O) groups is 1. The molecule has 0 bridgehead atoms. The number of hydrogen-bond acceptors (Lipinski definition) is 6. The van der Waals surface area contributed by atoms with Gasteiger partial charge >= 0.3 is 5.63 Å². The van der Waals surface area contributed by atoms with Crippen molar-refractivity contribution in [2.45, 2.75) is 20.0 Å². The van der Waals surface area contributed by atoms with Gasteiger partial charge in [-0.2, -0.15) is 0 Å². The van der Waals surface area contributed by atoms with Crippen LogP contribution in [0.3, 0.4) is 0 Å². The average molecular weight is 381 g/mol. The first kappa shape index (κ1) is 17.9. The van der Waals surface area contributed by atoms with Gasteiger partial charge in [0.05, 0.1) is 0 Å². The maximum atomic E-state index is 12.5. The molecule has 2 heterocycles. The number of anilines is 1. The highest BCUT2D eigenvalue weighted by atomic mass is 16.6. The van der Waals surface area contributed by atoms with Crippen molar-refractivity contribution in [3.05, 3.63) is 58.4 Å². The van der Waals surface area contributed by atoms with E-state index >= 15 is 0 Å². The van der Waals surface area contributed by atoms with Crippen LogP contribution in [-0.2, 0) is 4.79 Å². The molecular formula is C21H19NO6. The fraction of sp³-hybridized carbons (Fsp3) is 0.238. The summed E-state index contributed by atoms with van der Waals surface area (Å²) in [5.41, 5.74) is 1.40. The molecule has 0 fully saturated rings. The lowest BCUT2D eigenvalue weighted by molar-refractivity contribution is -0.122. The molecule has 0 spiro atoms. The molecule has 28 heavy (non-hydrogen) atoms. The molecule has 4 rings (SSSR count). The molecule has 0 saturated carbocycles. The number of carbonyl (C=O) groups excluding carboxylic acids is 1. The van der Waals surface area contributed by atoms with E-state index in [-0.39, 0.29) is 5.91 Å². The summed E-state index contributed by atoms with van der Waals surface area (Å²) in [6.07, 6.45) is -0.762. The highest BCUT2D eigenvalue weighted by Crippen LogP contribution is 2.32. The molecule has 2 aromatic carbocycles. The molecule has 1 N–H and O–H groups in total. The minimum atomic E-state index is -0.762. The first-order valence-corrected chi connectivity index (χ1v) is 8.91. The highest BCUT2D eigenvalue weighted by molar-refractivity contribution is 5.94. The number of aryl methyl sites for hydroxylation is 1. The summed E-state index contributed by atoms with van der Waals surface area (Å²) in [4.78, 5) is 24.0. The maximum absolute atomic E-state index is 12.5. The van der Waals surface area contributed by atoms with E-state index < -0.39 is 11.7 Å². The SMILES string of the molecule is Cc1cc(=O)oc2cc(O[C@@H](C)C(=O)Nc3ccc4c(c3)OCCO4)ccc12. The predicted octanol–water partition coefficient (Wildman–Crippen LogP) is 3.28. The summed E-state index contributed by atoms with van der Waals surface area (Å²) in [5, 5.41) is 3.61. The molecule has 0 aliphatic carbocycles. The Morgan fingerprint density at radius 2 is 1.86 bits per heavy atom. The number of amides is 1. The molecule has 1 amide bonds. The second-order valence-corrected chi connectivity index (χ2v) is 6.51. The summed E-state index contributed by atoms with van der Waals surface area (Å²) in [6.45, 7) is 4.46. The fourth-order valence-corrected chi connectivity index (χ4v) is 3.00. The molecule has 1 aromatic heterocycles. The molecule has 0 saturated heterocycles. The number of rotatable bonds is 4. The minimum absolute atomic E-state index is 0.317. The van der Waals surface area contributed by atoms with Crippen LogP contribution in [0.4, 0.5) is 5.69 Å². The van der Waals surface area contributed by atoms with Crippen molar-refractivity contribution in [2.24, 2.45) is 0 Å². The van der Waals surface area contributed by atoms with Crippen LogP contribution in [0.25, 0.3) is 11.0 Å². The van der Waals surface area contributed by atoms with Gasteiger partial charge in [-0.15, -0.1) is 0 Å². The Kier molecular flexibility index (Phi) is 4.65. The van der Waals surface area contributed by atoms with Crippen LogP contribution in [0.2, 0.25) is 0 Å². The number of nitrogens with one attached hydrogen (secondary N) is 1. The third-order valence-electron chi connectivity index (χ3n) is 4.41. The van der Waals surface area contributed by atoms with Crippen LogP contribution >= 0.6 is 0 Å². The number of benzene rings is 2. The Balaban J connectivity index is 1.47. The minimum Gasteiger partial charge on any atom is -0.486 e. The van der Waals surface area contributed by atoms with Crippen molar-refractivity contribution in [3.63, 3.8) is 0 Å². The van der Waals surface area contributed by atoms with Crippen LogP contribution < -0.4 is 25.2 Å². The molecule has 1 aliphatic rings. The molecule has 1 aliphatic heterocycles. The summed E-state index contributed by atoms with van der Waals surface area (Å²) in [5.74, 6) is 1.37. The molecular weight excluding hydrogens is 362 g/mol. The van der Waals surface area contributed by atoms with Gasteiger partial charge in [-0.05, 0) is 43.7 Å². The zero-order valence-electron chi connectivity index (χ0n) is 15.5. The molecule has 1 atom stereocenters. The third kappa shape index (κ3) is 3.64. The van der Waals surface area contributed by atoms with E-state index in [4.69, 9.17) is 18.6 Å². The van der Waals surface area contributed by atoms with Crippen LogP contribution in [-0.4, -0.2) is 25.2 Å². The van der Waals surface area contributed by atoms with E-state index in [0.717, 1.165) is 10.9 Å². The van der Waals surface area contributed by atoms with Gasteiger partial charge in [0.2, 0.25) is 0 Å². The molecule has 7 nitrogen and oxygen atoms in total. The molecule has 0 radical (unpaired) electrons. The predicted molar refractivity (Wildman–Crippen MR) is 103 cm³/mol. The largest absolute Gasteiger partial charge is 0.486 e. The Hall–Kier alpha value is -3.48. The van der Waals surface area contributed by atoms with Gasteiger partial charge in [-0.25, -0.2) is 4.79 Å². The van der Waals surface area contributed by atoms with Crippen LogP contribution in [0.5, 0.6) is 17.2 Å². The van der Waals surface area contributed by atoms with Crippen molar-refractivity contribution < 1.29 is 23.4 Å². The van der Waals surface area contributed by atoms with Gasteiger partial charge in [-0.1, -0.05) is 0 Å². The lowest BCUT2D eigenvalue weighted by Gasteiger charge is -2.20. The Morgan fingerprint density at radius 3 is 2.68 bits per heavy atom. The molecule has 0 unspecified atom stereocenters. The second-order valence-electron chi connectivity index (χ2n) is 6.51. The van der Waals surface area contributed by atoms with E-state index in [1.807, 2.05) is 6.92 Å². The summed E-state index contributed by atoms with van der Waals surface area (Å²) in [7, 11) is 0. The van der Waals surface area contributed by atoms with E-state index in [0.29, 0.717) is 41.7 Å². The van der Waals surface area contributed by atoms with Crippen LogP contribution in [0.15, 0.2) is 51.7 Å². The number of ether oxygens (including phenoxy) is 3. The molecule has 7 heteroatoms. The smallest absolute Gasteiger partial charge is 0.336 e. The zero-order chi connectivity index (χ0) is 19.7. The normalized spacial score (nSPS) is 13.8. The molecule has 144 valence electrons. The lowest BCUT2D eigenvalue weighted by Crippen LogP contribution is -2.30. The monoisotopic (exact) mass is 381 g/mol. The maximum Gasteiger partial charge on any atom is 0.336 e. The van der Waals surface area contributed by atoms with Crippen LogP contribution in [0.1, 0.15) is 12.5 Å². The second kappa shape index (κ2) is 7.26. The van der Waals surface area contributed by atoms with E-state index in [1.54, 1.807) is 43.3 Å². The van der Waals surface area contributed by atoms with Gasteiger partial charge in [0, 0.05) is 29.3 Å². The van der Waals surface area contributed by atoms with Crippen molar-refractivity contribution in [2.75, 3.05) is 18.5 Å². The van der Waals surface area contributed by atoms with Gasteiger partial charge in [-0.3, -0.25) is 4.79 Å². The van der Waals surface area contributed by atoms with Crippen molar-refractivity contribution in [1.29, 1.82) is 0 Å². The average Bonchev–Trinajstić information content (AvgIpc) is 2.67. The first-order chi connectivity index (χ1) is 13.5. The molecule has 3 aromatic rings. The quantitative estimate of drug-likeness (QED) is 0.698.